The first-order valence-corrected chi connectivity index (χ1v) is 14.8. The Hall–Kier alpha value is -2.76. The second-order valence-electron chi connectivity index (χ2n) is 10.2. The van der Waals surface area contributed by atoms with Crippen LogP contribution in [0.3, 0.4) is 0 Å². The van der Waals surface area contributed by atoms with Crippen LogP contribution in [0, 0.1) is 29.6 Å². The molecule has 1 aromatic heterocycles. The van der Waals surface area contributed by atoms with Gasteiger partial charge in [0.25, 0.3) is 0 Å². The van der Waals surface area contributed by atoms with E-state index in [1.54, 1.807) is 36.0 Å². The maximum Gasteiger partial charge on any atom is 0.305 e. The van der Waals surface area contributed by atoms with Crippen LogP contribution in [-0.4, -0.2) is 41.4 Å². The highest BCUT2D eigenvalue weighted by Gasteiger charge is 2.69. The van der Waals surface area contributed by atoms with Gasteiger partial charge in [-0.2, -0.15) is 0 Å². The molecule has 2 N–H and O–H groups in total. The molecule has 1 saturated heterocycles. The number of thioether (sulfide) groups is 1. The Morgan fingerprint density at radius 3 is 2.26 bits per heavy atom. The number of carbonyl (C=O) groups excluding carboxylic acids is 2. The third kappa shape index (κ3) is 3.24. The van der Waals surface area contributed by atoms with Crippen molar-refractivity contribution < 1.29 is 24.2 Å². The molecule has 2 bridgehead atoms. The summed E-state index contributed by atoms with van der Waals surface area (Å²) in [6.07, 6.45) is 0.797. The van der Waals surface area contributed by atoms with E-state index in [1.807, 2.05) is 12.1 Å². The van der Waals surface area contributed by atoms with Gasteiger partial charge in [-0.15, -0.1) is 11.8 Å². The van der Waals surface area contributed by atoms with Gasteiger partial charge in [-0.25, -0.2) is 0 Å². The van der Waals surface area contributed by atoms with E-state index in [4.69, 9.17) is 9.47 Å². The second-order valence-corrected chi connectivity index (χ2v) is 13.3. The molecule has 7 rings (SSSR count). The second kappa shape index (κ2) is 8.62. The average Bonchev–Trinajstić information content (AvgIpc) is 3.64. The summed E-state index contributed by atoms with van der Waals surface area (Å²) < 4.78 is 11.8. The number of aromatic amines is 1. The van der Waals surface area contributed by atoms with Gasteiger partial charge < -0.3 is 19.6 Å². The number of nitrogens with zero attached hydrogens (tertiary/aromatic N) is 1. The van der Waals surface area contributed by atoms with Gasteiger partial charge in [0.05, 0.1) is 36.8 Å². The normalized spacial score (nSPS) is 30.8. The number of phenols is 1. The number of benzene rings is 2. The number of anilines is 1. The van der Waals surface area contributed by atoms with Crippen molar-refractivity contribution in [3.8, 4) is 17.2 Å². The van der Waals surface area contributed by atoms with E-state index in [9.17, 15) is 19.5 Å². The molecule has 38 heavy (non-hydrogen) atoms. The van der Waals surface area contributed by atoms with Crippen molar-refractivity contribution in [2.45, 2.75) is 22.6 Å². The first-order valence-electron chi connectivity index (χ1n) is 12.3. The molecule has 4 aliphatic rings. The highest BCUT2D eigenvalue weighted by molar-refractivity contribution is 9.10. The van der Waals surface area contributed by atoms with Crippen LogP contribution in [-0.2, 0) is 9.59 Å². The van der Waals surface area contributed by atoms with Crippen molar-refractivity contribution >= 4 is 56.5 Å². The molecule has 2 amide bonds. The van der Waals surface area contributed by atoms with E-state index in [1.165, 1.54) is 30.5 Å². The molecule has 3 heterocycles. The molecule has 2 saturated carbocycles. The van der Waals surface area contributed by atoms with Crippen LogP contribution in [0.4, 0.5) is 5.69 Å². The summed E-state index contributed by atoms with van der Waals surface area (Å²) in [5.74, 6) is -0.680. The fourth-order valence-corrected chi connectivity index (χ4v) is 10.5. The number of phenolic OH excluding ortho intramolecular Hbond substituents is 1. The number of nitrogens with one attached hydrogen (secondary N) is 1. The summed E-state index contributed by atoms with van der Waals surface area (Å²) in [7, 11) is 2.97. The first-order chi connectivity index (χ1) is 18.3. The summed E-state index contributed by atoms with van der Waals surface area (Å²) >= 11 is 6.25. The Labute approximate surface area is 234 Å². The van der Waals surface area contributed by atoms with Crippen molar-refractivity contribution in [3.63, 3.8) is 0 Å². The van der Waals surface area contributed by atoms with Crippen molar-refractivity contribution in [2.24, 2.45) is 29.6 Å². The standard InChI is InChI=1S/C27H23BrN2O6S2/c1-35-15-7-10(8-16(36-2)21(15)31)17-18-13-9-14(22(18)37-24-23(17)38-27(34)29-24)20-19(13)25(32)30(26(20)33)12-5-3-11(28)4-6-12/h3-8,13-14,17-20,22,31H,9H2,1-2H3,(H,29,34)/t13?,14?,17-,18?,19?,20?,22?/m1/s1. The Balaban J connectivity index is 1.34. The largest absolute Gasteiger partial charge is 0.502 e. The number of amides is 2. The number of methoxy groups -OCH3 is 2. The predicted octanol–water partition coefficient (Wildman–Crippen LogP) is 4.60. The smallest absolute Gasteiger partial charge is 0.305 e. The summed E-state index contributed by atoms with van der Waals surface area (Å²) in [5.41, 5.74) is 1.45. The molecule has 2 aliphatic carbocycles. The van der Waals surface area contributed by atoms with Gasteiger partial charge >= 0.3 is 4.87 Å². The lowest BCUT2D eigenvalue weighted by atomic mass is 9.68. The highest BCUT2D eigenvalue weighted by Crippen LogP contribution is 2.69. The number of ether oxygens (including phenoxy) is 2. The lowest BCUT2D eigenvalue weighted by molar-refractivity contribution is -0.123. The van der Waals surface area contributed by atoms with E-state index < -0.39 is 5.92 Å². The van der Waals surface area contributed by atoms with Crippen LogP contribution in [0.5, 0.6) is 17.2 Å². The minimum absolute atomic E-state index is 0.0134. The zero-order valence-corrected chi connectivity index (χ0v) is 23.6. The van der Waals surface area contributed by atoms with E-state index in [0.717, 1.165) is 26.4 Å². The minimum atomic E-state index is -0.390. The molecular weight excluding hydrogens is 592 g/mol. The monoisotopic (exact) mass is 614 g/mol. The Bertz CT molecular complexity index is 1530. The number of thiazole rings is 1. The van der Waals surface area contributed by atoms with Crippen molar-refractivity contribution in [2.75, 3.05) is 19.1 Å². The topological polar surface area (TPSA) is 109 Å². The number of fused-ring (bicyclic) bond motifs is 9. The van der Waals surface area contributed by atoms with Gasteiger partial charge in [0.1, 0.15) is 0 Å². The molecule has 0 spiro atoms. The summed E-state index contributed by atoms with van der Waals surface area (Å²) in [4.78, 5) is 45.2. The molecule has 11 heteroatoms. The zero-order valence-electron chi connectivity index (χ0n) is 20.3. The lowest BCUT2D eigenvalue weighted by Gasteiger charge is -2.43. The lowest BCUT2D eigenvalue weighted by Crippen LogP contribution is -2.42. The maximum absolute atomic E-state index is 13.8. The number of aromatic nitrogens is 1. The zero-order chi connectivity index (χ0) is 26.5. The minimum Gasteiger partial charge on any atom is -0.502 e. The van der Waals surface area contributed by atoms with Crippen molar-refractivity contribution in [3.05, 3.63) is 61.0 Å². The number of H-pyrrole nitrogens is 1. The van der Waals surface area contributed by atoms with Gasteiger partial charge in [0.2, 0.25) is 17.6 Å². The highest BCUT2D eigenvalue weighted by atomic mass is 79.9. The quantitative estimate of drug-likeness (QED) is 0.413. The molecule has 7 atom stereocenters. The van der Waals surface area contributed by atoms with Crippen LogP contribution < -0.4 is 19.2 Å². The number of rotatable bonds is 4. The number of imide groups is 1. The van der Waals surface area contributed by atoms with Crippen molar-refractivity contribution in [1.29, 1.82) is 0 Å². The predicted molar refractivity (Wildman–Crippen MR) is 146 cm³/mol. The SMILES string of the molecule is COc1cc([C@H]2c3sc(=O)[nH]c3SC3C4CC(C5C(=O)N(c6ccc(Br)cc6)C(=O)C45)C32)cc(OC)c1O. The Morgan fingerprint density at radius 1 is 1.00 bits per heavy atom. The molecule has 3 aromatic rings. The number of aromatic hydroxyl groups is 1. The average molecular weight is 616 g/mol. The fraction of sp³-hybridized carbons (Fsp3) is 0.370. The van der Waals surface area contributed by atoms with E-state index in [-0.39, 0.29) is 68.8 Å². The van der Waals surface area contributed by atoms with Crippen molar-refractivity contribution in [1.82, 2.24) is 4.98 Å². The Morgan fingerprint density at radius 2 is 1.63 bits per heavy atom. The summed E-state index contributed by atoms with van der Waals surface area (Å²) in [6.45, 7) is 0. The van der Waals surface area contributed by atoms with Gasteiger partial charge in [-0.05, 0) is 66.1 Å². The third-order valence-corrected chi connectivity index (χ3v) is 11.8. The summed E-state index contributed by atoms with van der Waals surface area (Å²) in [6, 6.07) is 10.9. The number of halogens is 1. The molecule has 3 fully saturated rings. The molecule has 2 aliphatic heterocycles. The van der Waals surface area contributed by atoms with Crippen LogP contribution in [0.15, 0.2) is 50.7 Å². The van der Waals surface area contributed by atoms with E-state index in [2.05, 4.69) is 20.9 Å². The molecule has 0 radical (unpaired) electrons. The number of carbonyl (C=O) groups is 2. The number of hydrogen-bond donors (Lipinski definition) is 2. The van der Waals surface area contributed by atoms with Gasteiger partial charge in [-0.1, -0.05) is 27.3 Å². The number of hydrogen-bond acceptors (Lipinski definition) is 8. The van der Waals surface area contributed by atoms with Crippen LogP contribution in [0.1, 0.15) is 22.8 Å². The van der Waals surface area contributed by atoms with Crippen LogP contribution >= 0.6 is 39.0 Å². The molecule has 8 nitrogen and oxygen atoms in total. The summed E-state index contributed by atoms with van der Waals surface area (Å²) in [5, 5.41) is 11.4. The maximum atomic E-state index is 13.8. The third-order valence-electron chi connectivity index (χ3n) is 8.67. The van der Waals surface area contributed by atoms with E-state index >= 15 is 0 Å². The van der Waals surface area contributed by atoms with Crippen LogP contribution in [0.25, 0.3) is 0 Å². The van der Waals surface area contributed by atoms with Gasteiger partial charge in [0, 0.05) is 20.5 Å². The van der Waals surface area contributed by atoms with Crippen LogP contribution in [0.2, 0.25) is 0 Å². The Kier molecular flexibility index (Phi) is 5.51. The molecule has 6 unspecified atom stereocenters. The van der Waals surface area contributed by atoms with Gasteiger partial charge in [-0.3, -0.25) is 19.3 Å². The molecule has 196 valence electrons. The fourth-order valence-electron chi connectivity index (χ4n) is 7.33. The molecular formula is C27H23BrN2O6S2. The first kappa shape index (κ1) is 24.3. The molecule has 2 aromatic carbocycles. The van der Waals surface area contributed by atoms with E-state index in [0.29, 0.717) is 5.69 Å². The van der Waals surface area contributed by atoms with Gasteiger partial charge in [0.15, 0.2) is 11.5 Å².